The van der Waals surface area contributed by atoms with E-state index in [0.29, 0.717) is 17.2 Å². The zero-order valence-electron chi connectivity index (χ0n) is 10.6. The lowest BCUT2D eigenvalue weighted by Gasteiger charge is -2.11. The Kier molecular flexibility index (Phi) is 2.55. The zero-order valence-corrected chi connectivity index (χ0v) is 10.6. The van der Waals surface area contributed by atoms with Crippen molar-refractivity contribution in [2.45, 2.75) is 19.8 Å². The smallest absolute Gasteiger partial charge is 0.312 e. The molecule has 0 bridgehead atoms. The number of pyridine rings is 1. The van der Waals surface area contributed by atoms with Crippen LogP contribution in [0.25, 0.3) is 10.9 Å². The van der Waals surface area contributed by atoms with Gasteiger partial charge in [0.2, 0.25) is 6.79 Å². The quantitative estimate of drug-likeness (QED) is 0.897. The van der Waals surface area contributed by atoms with Crippen molar-refractivity contribution >= 4 is 16.9 Å². The molecule has 0 fully saturated rings. The highest BCUT2D eigenvalue weighted by atomic mass is 16.7. The molecule has 1 aliphatic heterocycles. The van der Waals surface area contributed by atoms with E-state index in [0.717, 1.165) is 16.5 Å². The SMILES string of the molecule is Cc1cc2cc3c(cc2nc1C(C)C(=O)O)OCO3. The maximum Gasteiger partial charge on any atom is 0.312 e. The van der Waals surface area contributed by atoms with Crippen LogP contribution in [0.1, 0.15) is 24.1 Å². The molecule has 5 nitrogen and oxygen atoms in total. The summed E-state index contributed by atoms with van der Waals surface area (Å²) < 4.78 is 10.6. The van der Waals surface area contributed by atoms with Gasteiger partial charge in [-0.3, -0.25) is 9.78 Å². The Morgan fingerprint density at radius 3 is 2.68 bits per heavy atom. The summed E-state index contributed by atoms with van der Waals surface area (Å²) in [7, 11) is 0. The second kappa shape index (κ2) is 4.12. The number of hydrogen-bond donors (Lipinski definition) is 1. The predicted molar refractivity (Wildman–Crippen MR) is 68.7 cm³/mol. The number of carboxylic acid groups (broad SMARTS) is 1. The molecule has 1 unspecified atom stereocenters. The van der Waals surface area contributed by atoms with Crippen LogP contribution in [-0.4, -0.2) is 22.9 Å². The number of carbonyl (C=O) groups is 1. The minimum absolute atomic E-state index is 0.211. The Hall–Kier alpha value is -2.30. The van der Waals surface area contributed by atoms with E-state index < -0.39 is 11.9 Å². The first-order chi connectivity index (χ1) is 9.06. The standard InChI is InChI=1S/C14H13NO4/c1-7-3-9-4-11-12(19-6-18-11)5-10(9)15-13(7)8(2)14(16)17/h3-5,8H,6H2,1-2H3,(H,16,17). The molecule has 1 N–H and O–H groups in total. The number of rotatable bonds is 2. The van der Waals surface area contributed by atoms with E-state index in [-0.39, 0.29) is 6.79 Å². The number of aliphatic carboxylic acids is 1. The maximum atomic E-state index is 11.1. The fourth-order valence-corrected chi connectivity index (χ4v) is 2.24. The largest absolute Gasteiger partial charge is 0.481 e. The van der Waals surface area contributed by atoms with Gasteiger partial charge in [0.25, 0.3) is 0 Å². The summed E-state index contributed by atoms with van der Waals surface area (Å²) >= 11 is 0. The van der Waals surface area contributed by atoms with E-state index in [9.17, 15) is 4.79 Å². The highest BCUT2D eigenvalue weighted by Crippen LogP contribution is 2.36. The van der Waals surface area contributed by atoms with Gasteiger partial charge in [-0.1, -0.05) is 0 Å². The van der Waals surface area contributed by atoms with Gasteiger partial charge in [0, 0.05) is 11.5 Å². The van der Waals surface area contributed by atoms with Crippen molar-refractivity contribution in [1.29, 1.82) is 0 Å². The third-order valence-corrected chi connectivity index (χ3v) is 3.32. The molecule has 19 heavy (non-hydrogen) atoms. The van der Waals surface area contributed by atoms with E-state index in [1.807, 2.05) is 19.1 Å². The van der Waals surface area contributed by atoms with Crippen molar-refractivity contribution < 1.29 is 19.4 Å². The fraction of sp³-hybridized carbons (Fsp3) is 0.286. The maximum absolute atomic E-state index is 11.1. The van der Waals surface area contributed by atoms with Crippen LogP contribution in [0.3, 0.4) is 0 Å². The third kappa shape index (κ3) is 1.87. The van der Waals surface area contributed by atoms with Gasteiger partial charge in [0.05, 0.1) is 17.1 Å². The first kappa shape index (κ1) is 11.8. The van der Waals surface area contributed by atoms with Gasteiger partial charge in [0.1, 0.15) is 0 Å². The van der Waals surface area contributed by atoms with Gasteiger partial charge in [-0.15, -0.1) is 0 Å². The van der Waals surface area contributed by atoms with Crippen LogP contribution < -0.4 is 9.47 Å². The molecule has 2 heterocycles. The van der Waals surface area contributed by atoms with Crippen molar-refractivity contribution in [3.63, 3.8) is 0 Å². The molecule has 0 spiro atoms. The topological polar surface area (TPSA) is 68.7 Å². The van der Waals surface area contributed by atoms with Gasteiger partial charge in [-0.05, 0) is 31.5 Å². The molecule has 1 aromatic heterocycles. The molecule has 0 radical (unpaired) electrons. The average molecular weight is 259 g/mol. The van der Waals surface area contributed by atoms with Crippen molar-refractivity contribution in [3.8, 4) is 11.5 Å². The summed E-state index contributed by atoms with van der Waals surface area (Å²) in [6, 6.07) is 5.58. The molecule has 0 aliphatic carbocycles. The lowest BCUT2D eigenvalue weighted by Crippen LogP contribution is -2.11. The van der Waals surface area contributed by atoms with Crippen LogP contribution in [-0.2, 0) is 4.79 Å². The molecule has 98 valence electrons. The Bertz CT molecular complexity index is 681. The Balaban J connectivity index is 2.19. The average Bonchev–Trinajstić information content (AvgIpc) is 2.81. The first-order valence-corrected chi connectivity index (χ1v) is 6.00. The predicted octanol–water partition coefficient (Wildman–Crippen LogP) is 2.46. The van der Waals surface area contributed by atoms with Gasteiger partial charge in [-0.2, -0.15) is 0 Å². The highest BCUT2D eigenvalue weighted by molar-refractivity contribution is 5.85. The number of hydrogen-bond acceptors (Lipinski definition) is 4. The number of fused-ring (bicyclic) bond motifs is 2. The minimum atomic E-state index is -0.879. The number of ether oxygens (including phenoxy) is 2. The molecule has 2 aromatic rings. The first-order valence-electron chi connectivity index (χ1n) is 6.00. The van der Waals surface area contributed by atoms with E-state index >= 15 is 0 Å². The monoisotopic (exact) mass is 259 g/mol. The molecule has 3 rings (SSSR count). The summed E-state index contributed by atoms with van der Waals surface area (Å²) in [6.07, 6.45) is 0. The van der Waals surface area contributed by atoms with Crippen LogP contribution >= 0.6 is 0 Å². The molecule has 5 heteroatoms. The third-order valence-electron chi connectivity index (χ3n) is 3.32. The number of benzene rings is 1. The van der Waals surface area contributed by atoms with Gasteiger partial charge >= 0.3 is 5.97 Å². The summed E-state index contributed by atoms with van der Waals surface area (Å²) in [4.78, 5) is 15.5. The molecule has 0 amide bonds. The normalized spacial score (nSPS) is 14.6. The van der Waals surface area contributed by atoms with Crippen LogP contribution in [0.15, 0.2) is 18.2 Å². The fourth-order valence-electron chi connectivity index (χ4n) is 2.24. The van der Waals surface area contributed by atoms with Gasteiger partial charge in [0.15, 0.2) is 11.5 Å². The van der Waals surface area contributed by atoms with Crippen molar-refractivity contribution in [3.05, 3.63) is 29.5 Å². The summed E-state index contributed by atoms with van der Waals surface area (Å²) in [5, 5.41) is 10.0. The summed E-state index contributed by atoms with van der Waals surface area (Å²) in [5.41, 5.74) is 2.16. The lowest BCUT2D eigenvalue weighted by molar-refractivity contribution is -0.138. The van der Waals surface area contributed by atoms with Crippen molar-refractivity contribution in [1.82, 2.24) is 4.98 Å². The molecule has 0 saturated heterocycles. The second-order valence-corrected chi connectivity index (χ2v) is 4.65. The van der Waals surface area contributed by atoms with Crippen molar-refractivity contribution in [2.24, 2.45) is 0 Å². The lowest BCUT2D eigenvalue weighted by atomic mass is 10.0. The zero-order chi connectivity index (χ0) is 13.6. The van der Waals surface area contributed by atoms with E-state index in [1.54, 1.807) is 13.0 Å². The molecular formula is C14H13NO4. The van der Waals surface area contributed by atoms with Gasteiger partial charge in [-0.25, -0.2) is 0 Å². The Morgan fingerprint density at radius 2 is 2.00 bits per heavy atom. The number of nitrogens with zero attached hydrogens (tertiary/aromatic N) is 1. The molecule has 0 saturated carbocycles. The molecule has 1 aliphatic rings. The second-order valence-electron chi connectivity index (χ2n) is 4.65. The Labute approximate surface area is 109 Å². The van der Waals surface area contributed by atoms with Crippen LogP contribution in [0.4, 0.5) is 0 Å². The highest BCUT2D eigenvalue weighted by Gasteiger charge is 2.20. The summed E-state index contributed by atoms with van der Waals surface area (Å²) in [5.74, 6) is -0.156. The van der Waals surface area contributed by atoms with Crippen LogP contribution in [0.5, 0.6) is 11.5 Å². The Morgan fingerprint density at radius 1 is 1.32 bits per heavy atom. The van der Waals surface area contributed by atoms with Gasteiger partial charge < -0.3 is 14.6 Å². The molecule has 1 aromatic carbocycles. The van der Waals surface area contributed by atoms with E-state index in [1.165, 1.54) is 0 Å². The number of aromatic nitrogens is 1. The molecule has 1 atom stereocenters. The van der Waals surface area contributed by atoms with E-state index in [2.05, 4.69) is 4.98 Å². The van der Waals surface area contributed by atoms with Crippen molar-refractivity contribution in [2.75, 3.05) is 6.79 Å². The van der Waals surface area contributed by atoms with Crippen LogP contribution in [0.2, 0.25) is 0 Å². The summed E-state index contributed by atoms with van der Waals surface area (Å²) in [6.45, 7) is 3.71. The van der Waals surface area contributed by atoms with Crippen LogP contribution in [0, 0.1) is 6.92 Å². The minimum Gasteiger partial charge on any atom is -0.481 e. The number of aryl methyl sites for hydroxylation is 1. The number of carboxylic acids is 1. The molecular weight excluding hydrogens is 246 g/mol. The van der Waals surface area contributed by atoms with E-state index in [4.69, 9.17) is 14.6 Å².